The maximum Gasteiger partial charge on any atom is 0.466 e. The molecule has 0 bridgehead atoms. The molecule has 1 unspecified atom stereocenters. The van der Waals surface area contributed by atoms with Gasteiger partial charge in [-0.2, -0.15) is 0 Å². The average molecular weight is 412 g/mol. The Morgan fingerprint density at radius 1 is 1.32 bits per heavy atom. The summed E-state index contributed by atoms with van der Waals surface area (Å²) < 4.78 is 8.88. The molecule has 2 amide bonds. The van der Waals surface area contributed by atoms with Crippen LogP contribution < -0.4 is 0 Å². The van der Waals surface area contributed by atoms with Gasteiger partial charge in [0.05, 0.1) is 11.0 Å². The Hall–Kier alpha value is -1.17. The van der Waals surface area contributed by atoms with Gasteiger partial charge in [0.15, 0.2) is 10.3 Å². The van der Waals surface area contributed by atoms with Crippen molar-refractivity contribution in [1.82, 2.24) is 9.80 Å². The first-order valence-electron chi connectivity index (χ1n) is 6.46. The summed E-state index contributed by atoms with van der Waals surface area (Å²) in [5, 5.41) is 9.12. The third-order valence-electron chi connectivity index (χ3n) is 2.65. The number of amidine groups is 2. The van der Waals surface area contributed by atoms with Crippen LogP contribution in [0.5, 0.6) is 0 Å². The summed E-state index contributed by atoms with van der Waals surface area (Å²) in [5.41, 5.74) is 0. The Morgan fingerprint density at radius 3 is 2.28 bits per heavy atom. The second-order valence-corrected chi connectivity index (χ2v) is 7.79. The Bertz CT molecular complexity index is 627. The summed E-state index contributed by atoms with van der Waals surface area (Å²) in [7, 11) is -2.97. The number of carbonyl (C=O) groups excluding carboxylic acids is 2. The van der Waals surface area contributed by atoms with Crippen LogP contribution in [0.4, 0.5) is 0 Å². The van der Waals surface area contributed by atoms with E-state index in [4.69, 9.17) is 19.2 Å². The van der Waals surface area contributed by atoms with Gasteiger partial charge in [-0.15, -0.1) is 16.8 Å². The molecule has 2 fully saturated rings. The molecule has 142 valence electrons. The van der Waals surface area contributed by atoms with E-state index in [0.717, 1.165) is 0 Å². The molecule has 2 rings (SSSR count). The van der Waals surface area contributed by atoms with Crippen LogP contribution in [0.25, 0.3) is 0 Å². The van der Waals surface area contributed by atoms with Crippen LogP contribution in [0.1, 0.15) is 14.4 Å². The van der Waals surface area contributed by atoms with Gasteiger partial charge in [-0.3, -0.25) is 19.4 Å². The molecule has 0 aromatic carbocycles. The zero-order valence-electron chi connectivity index (χ0n) is 12.9. The lowest BCUT2D eigenvalue weighted by molar-refractivity contribution is -0.125. The zero-order valence-corrected chi connectivity index (χ0v) is 15.4. The molecule has 0 spiro atoms. The number of rotatable bonds is 3. The van der Waals surface area contributed by atoms with Crippen LogP contribution in [-0.4, -0.2) is 71.2 Å². The van der Waals surface area contributed by atoms with Gasteiger partial charge in [0, 0.05) is 13.6 Å². The number of nitrogens with zero attached hydrogens (tertiary/aromatic N) is 4. The predicted molar refractivity (Wildman–Crippen MR) is 100 cm³/mol. The lowest BCUT2D eigenvalue weighted by Gasteiger charge is -2.12. The van der Waals surface area contributed by atoms with E-state index in [1.54, 1.807) is 18.0 Å². The van der Waals surface area contributed by atoms with Crippen molar-refractivity contribution in [3.05, 3.63) is 12.7 Å². The normalized spacial score (nSPS) is 23.6. The first-order chi connectivity index (χ1) is 11.0. The van der Waals surface area contributed by atoms with Crippen molar-refractivity contribution >= 4 is 53.5 Å². The van der Waals surface area contributed by atoms with E-state index in [9.17, 15) is 9.59 Å². The molecule has 0 aromatic heterocycles. The van der Waals surface area contributed by atoms with Crippen LogP contribution in [0.3, 0.4) is 0 Å². The molecule has 2 aliphatic heterocycles. The molecule has 0 aliphatic carbocycles. The fourth-order valence-corrected chi connectivity index (χ4v) is 3.33. The highest BCUT2D eigenvalue weighted by Gasteiger charge is 2.34. The fourth-order valence-electron chi connectivity index (χ4n) is 1.57. The SMILES string of the molecule is C.C=CCN1C(=O)C(C)SC1=NN=C1SCC(=O)N1C.O=P(O)(O)O. The minimum absolute atomic E-state index is 0. The van der Waals surface area contributed by atoms with Gasteiger partial charge < -0.3 is 14.7 Å². The molecule has 2 heterocycles. The Morgan fingerprint density at radius 2 is 1.84 bits per heavy atom. The molecule has 1 atom stereocenters. The van der Waals surface area contributed by atoms with E-state index >= 15 is 0 Å². The van der Waals surface area contributed by atoms with Crippen LogP contribution in [0.2, 0.25) is 0 Å². The van der Waals surface area contributed by atoms with E-state index in [1.165, 1.54) is 28.4 Å². The van der Waals surface area contributed by atoms with E-state index < -0.39 is 7.82 Å². The predicted octanol–water partition coefficient (Wildman–Crippen LogP) is 0.676. The van der Waals surface area contributed by atoms with Crippen molar-refractivity contribution in [1.29, 1.82) is 0 Å². The lowest BCUT2D eigenvalue weighted by Crippen LogP contribution is -2.31. The number of hydrogen-bond donors (Lipinski definition) is 3. The molecular formula is C12H21N4O6PS2. The summed E-state index contributed by atoms with van der Waals surface area (Å²) in [6.07, 6.45) is 1.65. The number of amides is 2. The molecule has 2 aliphatic rings. The molecule has 0 saturated carbocycles. The van der Waals surface area contributed by atoms with Crippen molar-refractivity contribution in [3.8, 4) is 0 Å². The smallest absolute Gasteiger partial charge is 0.303 e. The van der Waals surface area contributed by atoms with Crippen LogP contribution in [0.15, 0.2) is 22.9 Å². The fraction of sp³-hybridized carbons (Fsp3) is 0.500. The molecule has 0 aromatic rings. The average Bonchev–Trinajstić information content (AvgIpc) is 2.91. The lowest BCUT2D eigenvalue weighted by atomic mass is 10.4. The Labute approximate surface area is 154 Å². The largest absolute Gasteiger partial charge is 0.466 e. The van der Waals surface area contributed by atoms with Crippen LogP contribution >= 0.6 is 31.3 Å². The number of thioether (sulfide) groups is 2. The Balaban J connectivity index is 0.000000848. The minimum atomic E-state index is -4.64. The highest BCUT2D eigenvalue weighted by molar-refractivity contribution is 8.15. The molecule has 25 heavy (non-hydrogen) atoms. The number of hydrogen-bond acceptors (Lipinski definition) is 7. The van der Waals surface area contributed by atoms with Gasteiger partial charge in [0.25, 0.3) is 0 Å². The van der Waals surface area contributed by atoms with Gasteiger partial charge >= 0.3 is 7.82 Å². The van der Waals surface area contributed by atoms with Crippen molar-refractivity contribution in [2.75, 3.05) is 19.3 Å². The van der Waals surface area contributed by atoms with Gasteiger partial charge in [-0.1, -0.05) is 37.0 Å². The third-order valence-corrected chi connectivity index (χ3v) is 4.72. The van der Waals surface area contributed by atoms with Crippen molar-refractivity contribution in [3.63, 3.8) is 0 Å². The number of phosphoric acid groups is 1. The van der Waals surface area contributed by atoms with Gasteiger partial charge in [0.2, 0.25) is 11.8 Å². The summed E-state index contributed by atoms with van der Waals surface area (Å²) >= 11 is 2.71. The molecule has 3 N–H and O–H groups in total. The summed E-state index contributed by atoms with van der Waals surface area (Å²) in [4.78, 5) is 47.8. The first kappa shape index (κ1) is 23.8. The zero-order chi connectivity index (χ0) is 18.5. The van der Waals surface area contributed by atoms with Crippen molar-refractivity contribution in [2.24, 2.45) is 10.2 Å². The summed E-state index contributed by atoms with van der Waals surface area (Å²) in [6.45, 7) is 5.88. The highest BCUT2D eigenvalue weighted by Crippen LogP contribution is 2.27. The molecular weight excluding hydrogens is 391 g/mol. The molecule has 0 radical (unpaired) electrons. The monoisotopic (exact) mass is 412 g/mol. The summed E-state index contributed by atoms with van der Waals surface area (Å²) in [6, 6.07) is 0. The van der Waals surface area contributed by atoms with Crippen LogP contribution in [0, 0.1) is 0 Å². The van der Waals surface area contributed by atoms with E-state index in [1.807, 2.05) is 6.92 Å². The van der Waals surface area contributed by atoms with E-state index in [2.05, 4.69) is 16.8 Å². The maximum atomic E-state index is 11.9. The number of carbonyl (C=O) groups is 2. The topological polar surface area (TPSA) is 143 Å². The standard InChI is InChI=1S/C11H14N4O2S2.CH4.H3O4P/c1-4-5-15-9(17)7(2)19-11(15)13-12-10-14(3)8(16)6-18-10;;1-5(2,3)4/h4,7H,1,5-6H2,2-3H3;1H4;(H3,1,2,3,4). The molecule has 10 nitrogen and oxygen atoms in total. The second kappa shape index (κ2) is 10.1. The first-order valence-corrected chi connectivity index (χ1v) is 9.90. The molecule has 13 heteroatoms. The van der Waals surface area contributed by atoms with Gasteiger partial charge in [-0.25, -0.2) is 4.57 Å². The second-order valence-electron chi connectivity index (χ2n) is 4.52. The van der Waals surface area contributed by atoms with Gasteiger partial charge in [0.1, 0.15) is 0 Å². The molecule has 2 saturated heterocycles. The highest BCUT2D eigenvalue weighted by atomic mass is 32.2. The van der Waals surface area contributed by atoms with E-state index in [-0.39, 0.29) is 24.5 Å². The quantitative estimate of drug-likeness (QED) is 0.349. The summed E-state index contributed by atoms with van der Waals surface area (Å²) in [5.74, 6) is 0.404. The van der Waals surface area contributed by atoms with Crippen molar-refractivity contribution in [2.45, 2.75) is 19.6 Å². The van der Waals surface area contributed by atoms with Crippen molar-refractivity contribution < 1.29 is 28.8 Å². The Kier molecular flexibility index (Phi) is 9.62. The van der Waals surface area contributed by atoms with E-state index in [0.29, 0.717) is 22.6 Å². The third kappa shape index (κ3) is 7.72. The van der Waals surface area contributed by atoms with Crippen LogP contribution in [-0.2, 0) is 14.2 Å². The minimum Gasteiger partial charge on any atom is -0.303 e. The van der Waals surface area contributed by atoms with Gasteiger partial charge in [-0.05, 0) is 6.92 Å². The maximum absolute atomic E-state index is 11.9.